The highest BCUT2D eigenvalue weighted by Gasteiger charge is 2.18. The lowest BCUT2D eigenvalue weighted by Crippen LogP contribution is -2.07. The van der Waals surface area contributed by atoms with Gasteiger partial charge in [0.15, 0.2) is 5.13 Å². The molecule has 0 amide bonds. The van der Waals surface area contributed by atoms with E-state index in [9.17, 15) is 4.79 Å². The minimum absolute atomic E-state index is 0.0525. The maximum Gasteiger partial charge on any atom is 0.305 e. The Kier molecular flexibility index (Phi) is 4.61. The van der Waals surface area contributed by atoms with Gasteiger partial charge in [0.05, 0.1) is 29.0 Å². The summed E-state index contributed by atoms with van der Waals surface area (Å²) in [6, 6.07) is 9.89. The summed E-state index contributed by atoms with van der Waals surface area (Å²) < 4.78 is 1.89. The van der Waals surface area contributed by atoms with Crippen molar-refractivity contribution in [3.63, 3.8) is 0 Å². The molecule has 7 heteroatoms. The molecule has 0 aliphatic heterocycles. The molecule has 24 heavy (non-hydrogen) atoms. The Labute approximate surface area is 144 Å². The average molecular weight is 342 g/mol. The number of benzene rings is 1. The monoisotopic (exact) mass is 342 g/mol. The number of aromatic nitrogens is 3. The Morgan fingerprint density at radius 3 is 2.62 bits per heavy atom. The third-order valence-corrected chi connectivity index (χ3v) is 4.73. The third kappa shape index (κ3) is 3.30. The van der Waals surface area contributed by atoms with E-state index in [4.69, 9.17) is 5.11 Å². The first-order valence-electron chi connectivity index (χ1n) is 7.52. The van der Waals surface area contributed by atoms with Crippen molar-refractivity contribution >= 4 is 22.4 Å². The van der Waals surface area contributed by atoms with Crippen LogP contribution in [0.15, 0.2) is 42.9 Å². The van der Waals surface area contributed by atoms with Crippen LogP contribution >= 0.6 is 11.3 Å². The fraction of sp³-hybridized carbons (Fsp3) is 0.235. The number of carbonyl (C=O) groups is 1. The summed E-state index contributed by atoms with van der Waals surface area (Å²) in [5.41, 5.74) is 2.75. The number of aliphatic carboxylic acids is 1. The molecule has 0 radical (unpaired) electrons. The Morgan fingerprint density at radius 1 is 1.25 bits per heavy atom. The topological polar surface area (TPSA) is 71.2 Å². The van der Waals surface area contributed by atoms with Crippen molar-refractivity contribution in [1.82, 2.24) is 14.5 Å². The molecule has 0 spiro atoms. The molecule has 2 aromatic heterocycles. The van der Waals surface area contributed by atoms with Crippen LogP contribution in [0, 0.1) is 0 Å². The molecule has 0 saturated carbocycles. The van der Waals surface area contributed by atoms with Crippen LogP contribution in [-0.4, -0.2) is 39.7 Å². The van der Waals surface area contributed by atoms with Crippen LogP contribution in [-0.2, 0) is 11.3 Å². The van der Waals surface area contributed by atoms with Crippen LogP contribution in [0.2, 0.25) is 0 Å². The molecule has 0 aliphatic carbocycles. The molecule has 3 aromatic rings. The molecule has 0 unspecified atom stereocenters. The Bertz CT molecular complexity index is 839. The first-order valence-corrected chi connectivity index (χ1v) is 8.34. The van der Waals surface area contributed by atoms with Crippen LogP contribution in [0.5, 0.6) is 0 Å². The summed E-state index contributed by atoms with van der Waals surface area (Å²) in [7, 11) is 3.89. The molecule has 2 heterocycles. The quantitative estimate of drug-likeness (QED) is 0.745. The van der Waals surface area contributed by atoms with Crippen LogP contribution in [0.4, 0.5) is 5.13 Å². The summed E-state index contributed by atoms with van der Waals surface area (Å²) in [6.07, 6.45) is 3.58. The van der Waals surface area contributed by atoms with Gasteiger partial charge >= 0.3 is 5.97 Å². The molecule has 1 aromatic carbocycles. The summed E-state index contributed by atoms with van der Waals surface area (Å²) in [6.45, 7) is 0.375. The fourth-order valence-electron chi connectivity index (χ4n) is 2.41. The van der Waals surface area contributed by atoms with Crippen molar-refractivity contribution in [2.24, 2.45) is 0 Å². The number of rotatable bonds is 6. The van der Waals surface area contributed by atoms with E-state index in [0.717, 1.165) is 27.0 Å². The van der Waals surface area contributed by atoms with E-state index in [-0.39, 0.29) is 6.42 Å². The molecule has 124 valence electrons. The Morgan fingerprint density at radius 2 is 2.00 bits per heavy atom. The normalized spacial score (nSPS) is 10.8. The minimum atomic E-state index is -0.825. The van der Waals surface area contributed by atoms with E-state index in [1.165, 1.54) is 0 Å². The van der Waals surface area contributed by atoms with Gasteiger partial charge in [0, 0.05) is 32.4 Å². The van der Waals surface area contributed by atoms with Gasteiger partial charge in [0.1, 0.15) is 0 Å². The second-order valence-corrected chi connectivity index (χ2v) is 6.56. The summed E-state index contributed by atoms with van der Waals surface area (Å²) in [5.74, 6) is -0.825. The predicted octanol–water partition coefficient (Wildman–Crippen LogP) is 3.21. The molecule has 0 bridgehead atoms. The smallest absolute Gasteiger partial charge is 0.305 e. The third-order valence-electron chi connectivity index (χ3n) is 3.56. The summed E-state index contributed by atoms with van der Waals surface area (Å²) in [4.78, 5) is 22.8. The van der Waals surface area contributed by atoms with Gasteiger partial charge in [-0.25, -0.2) is 9.97 Å². The molecular weight excluding hydrogens is 324 g/mol. The fourth-order valence-corrected chi connectivity index (χ4v) is 3.32. The van der Waals surface area contributed by atoms with Crippen molar-refractivity contribution in [3.05, 3.63) is 42.9 Å². The highest BCUT2D eigenvalue weighted by molar-refractivity contribution is 7.18. The first kappa shape index (κ1) is 16.2. The number of nitrogens with zero attached hydrogens (tertiary/aromatic N) is 4. The molecule has 1 N–H and O–H groups in total. The number of anilines is 1. The van der Waals surface area contributed by atoms with Crippen LogP contribution < -0.4 is 4.90 Å². The minimum Gasteiger partial charge on any atom is -0.481 e. The van der Waals surface area contributed by atoms with Gasteiger partial charge < -0.3 is 14.6 Å². The van der Waals surface area contributed by atoms with Gasteiger partial charge in [-0.3, -0.25) is 4.79 Å². The van der Waals surface area contributed by atoms with Gasteiger partial charge in [0.25, 0.3) is 0 Å². The van der Waals surface area contributed by atoms with E-state index in [1.54, 1.807) is 17.7 Å². The van der Waals surface area contributed by atoms with Gasteiger partial charge in [0.2, 0.25) is 0 Å². The molecule has 0 aliphatic rings. The maximum absolute atomic E-state index is 10.9. The first-order chi connectivity index (χ1) is 11.6. The number of aryl methyl sites for hydroxylation is 1. The number of carboxylic acids is 1. The van der Waals surface area contributed by atoms with Crippen molar-refractivity contribution < 1.29 is 9.90 Å². The van der Waals surface area contributed by atoms with Gasteiger partial charge in [-0.1, -0.05) is 41.7 Å². The highest BCUT2D eigenvalue weighted by atomic mass is 32.1. The van der Waals surface area contributed by atoms with Gasteiger partial charge in [-0.15, -0.1) is 0 Å². The second-order valence-electron chi connectivity index (χ2n) is 5.55. The van der Waals surface area contributed by atoms with E-state index in [1.807, 2.05) is 60.1 Å². The van der Waals surface area contributed by atoms with Crippen molar-refractivity contribution in [2.45, 2.75) is 13.0 Å². The SMILES string of the molecule is CN(C)c1ncc(-c2c(-c3ccccc3)ncn2CCC(=O)O)s1. The number of thiazole rings is 1. The molecule has 0 fully saturated rings. The maximum atomic E-state index is 10.9. The van der Waals surface area contributed by atoms with Crippen molar-refractivity contribution in [3.8, 4) is 21.8 Å². The lowest BCUT2D eigenvalue weighted by molar-refractivity contribution is -0.137. The Balaban J connectivity index is 2.08. The molecule has 0 atom stereocenters. The van der Waals surface area contributed by atoms with Gasteiger partial charge in [-0.05, 0) is 0 Å². The average Bonchev–Trinajstić information content (AvgIpc) is 3.20. The molecule has 3 rings (SSSR count). The predicted molar refractivity (Wildman–Crippen MR) is 95.4 cm³/mol. The number of imidazole rings is 1. The molecule has 0 saturated heterocycles. The molecular formula is C17H18N4O2S. The number of hydrogen-bond donors (Lipinski definition) is 1. The van der Waals surface area contributed by atoms with Gasteiger partial charge in [-0.2, -0.15) is 0 Å². The summed E-state index contributed by atoms with van der Waals surface area (Å²) >= 11 is 1.56. The number of hydrogen-bond acceptors (Lipinski definition) is 5. The van der Waals surface area contributed by atoms with E-state index < -0.39 is 5.97 Å². The largest absolute Gasteiger partial charge is 0.481 e. The zero-order valence-corrected chi connectivity index (χ0v) is 14.3. The van der Waals surface area contributed by atoms with Crippen LogP contribution in [0.1, 0.15) is 6.42 Å². The zero-order valence-electron chi connectivity index (χ0n) is 13.5. The van der Waals surface area contributed by atoms with Crippen molar-refractivity contribution in [1.29, 1.82) is 0 Å². The number of carboxylic acid groups (broad SMARTS) is 1. The van der Waals surface area contributed by atoms with E-state index >= 15 is 0 Å². The lowest BCUT2D eigenvalue weighted by atomic mass is 10.1. The highest BCUT2D eigenvalue weighted by Crippen LogP contribution is 2.36. The standard InChI is InChI=1S/C17H18N4O2S/c1-20(2)17-18-10-13(24-17)16-15(12-6-4-3-5-7-12)19-11-21(16)9-8-14(22)23/h3-7,10-11H,8-9H2,1-2H3,(H,22,23). The van der Waals surface area contributed by atoms with Crippen LogP contribution in [0.3, 0.4) is 0 Å². The van der Waals surface area contributed by atoms with Crippen LogP contribution in [0.25, 0.3) is 21.8 Å². The summed E-state index contributed by atoms with van der Waals surface area (Å²) in [5, 5.41) is 9.88. The molecule has 6 nitrogen and oxygen atoms in total. The second kappa shape index (κ2) is 6.84. The van der Waals surface area contributed by atoms with E-state index in [2.05, 4.69) is 9.97 Å². The lowest BCUT2D eigenvalue weighted by Gasteiger charge is -2.08. The Hall–Kier alpha value is -2.67. The van der Waals surface area contributed by atoms with Crippen molar-refractivity contribution in [2.75, 3.05) is 19.0 Å². The van der Waals surface area contributed by atoms with E-state index in [0.29, 0.717) is 6.54 Å². The zero-order chi connectivity index (χ0) is 17.1.